The number of likely N-dealkylation sites (tertiary alicyclic amines) is 1. The molecule has 0 atom stereocenters. The minimum Gasteiger partial charge on any atom is -0.435 e. The molecule has 2 aromatic carbocycles. The molecular weight excluding hydrogens is 380 g/mol. The third-order valence-electron chi connectivity index (χ3n) is 4.69. The van der Waals surface area contributed by atoms with E-state index >= 15 is 0 Å². The maximum atomic E-state index is 12.3. The van der Waals surface area contributed by atoms with Gasteiger partial charge < -0.3 is 15.4 Å². The number of hydrogen-bond acceptors (Lipinski definition) is 4. The van der Waals surface area contributed by atoms with Crippen LogP contribution in [-0.2, 0) is 4.79 Å². The summed E-state index contributed by atoms with van der Waals surface area (Å²) < 4.78 is 28.6. The number of hydrogen-bond donors (Lipinski definition) is 2. The Bertz CT molecular complexity index is 808. The first-order chi connectivity index (χ1) is 14.0. The van der Waals surface area contributed by atoms with Gasteiger partial charge in [-0.15, -0.1) is 0 Å². The molecule has 29 heavy (non-hydrogen) atoms. The quantitative estimate of drug-likeness (QED) is 0.745. The predicted octanol–water partition coefficient (Wildman–Crippen LogP) is 3.12. The first-order valence-corrected chi connectivity index (χ1v) is 9.42. The highest BCUT2D eigenvalue weighted by Gasteiger charge is 2.22. The van der Waals surface area contributed by atoms with Gasteiger partial charge in [0, 0.05) is 30.4 Å². The number of halogens is 2. The van der Waals surface area contributed by atoms with Gasteiger partial charge in [0.05, 0.1) is 6.54 Å². The molecule has 0 aliphatic carbocycles. The first-order valence-electron chi connectivity index (χ1n) is 9.42. The van der Waals surface area contributed by atoms with E-state index < -0.39 is 6.61 Å². The number of benzene rings is 2. The van der Waals surface area contributed by atoms with E-state index in [9.17, 15) is 18.4 Å². The average molecular weight is 403 g/mol. The van der Waals surface area contributed by atoms with Crippen LogP contribution >= 0.6 is 0 Å². The number of para-hydroxylation sites is 1. The van der Waals surface area contributed by atoms with Gasteiger partial charge in [-0.3, -0.25) is 14.5 Å². The molecule has 1 aliphatic heterocycles. The maximum Gasteiger partial charge on any atom is 0.387 e. The lowest BCUT2D eigenvalue weighted by atomic mass is 10.0. The highest BCUT2D eigenvalue weighted by molar-refractivity contribution is 5.94. The summed E-state index contributed by atoms with van der Waals surface area (Å²) in [6.07, 6.45) is 1.47. The predicted molar refractivity (Wildman–Crippen MR) is 105 cm³/mol. The minimum absolute atomic E-state index is 0.00734. The monoisotopic (exact) mass is 403 g/mol. The van der Waals surface area contributed by atoms with Crippen LogP contribution in [0.2, 0.25) is 0 Å². The topological polar surface area (TPSA) is 70.7 Å². The molecule has 0 spiro atoms. The standard InChI is InChI=1S/C21H23F2N3O3/c22-21(23)29-18-8-6-15(7-9-18)20(28)25-17-10-12-26(13-11-17)14-19(27)24-16-4-2-1-3-5-16/h1-9,17,21H,10-14H2,(H,24,27)(H,25,28). The second-order valence-corrected chi connectivity index (χ2v) is 6.84. The lowest BCUT2D eigenvalue weighted by molar-refractivity contribution is -0.117. The average Bonchev–Trinajstić information content (AvgIpc) is 2.70. The zero-order valence-electron chi connectivity index (χ0n) is 15.8. The summed E-state index contributed by atoms with van der Waals surface area (Å²) >= 11 is 0. The first kappa shape index (κ1) is 20.7. The molecular formula is C21H23F2N3O3. The van der Waals surface area contributed by atoms with Crippen molar-refractivity contribution in [2.75, 3.05) is 25.0 Å². The number of ether oxygens (including phenoxy) is 1. The van der Waals surface area contributed by atoms with E-state index in [1.54, 1.807) is 0 Å². The third-order valence-corrected chi connectivity index (χ3v) is 4.69. The molecule has 6 nitrogen and oxygen atoms in total. The van der Waals surface area contributed by atoms with E-state index in [2.05, 4.69) is 20.3 Å². The normalized spacial score (nSPS) is 15.1. The zero-order chi connectivity index (χ0) is 20.6. The Morgan fingerprint density at radius 3 is 2.31 bits per heavy atom. The molecule has 1 aliphatic rings. The van der Waals surface area contributed by atoms with Gasteiger partial charge in [0.2, 0.25) is 5.91 Å². The molecule has 2 aromatic rings. The second kappa shape index (κ2) is 9.97. The largest absolute Gasteiger partial charge is 0.435 e. The Morgan fingerprint density at radius 2 is 1.69 bits per heavy atom. The summed E-state index contributed by atoms with van der Waals surface area (Å²) in [7, 11) is 0. The minimum atomic E-state index is -2.89. The van der Waals surface area contributed by atoms with Gasteiger partial charge in [-0.2, -0.15) is 8.78 Å². The number of rotatable bonds is 7. The molecule has 0 bridgehead atoms. The van der Waals surface area contributed by atoms with Crippen molar-refractivity contribution in [2.24, 2.45) is 0 Å². The Balaban J connectivity index is 1.41. The highest BCUT2D eigenvalue weighted by Crippen LogP contribution is 2.16. The smallest absolute Gasteiger partial charge is 0.387 e. The van der Waals surface area contributed by atoms with Gasteiger partial charge in [-0.05, 0) is 49.2 Å². The number of nitrogens with zero attached hydrogens (tertiary/aromatic N) is 1. The fourth-order valence-electron chi connectivity index (χ4n) is 3.22. The van der Waals surface area contributed by atoms with E-state index in [0.29, 0.717) is 25.2 Å². The zero-order valence-corrected chi connectivity index (χ0v) is 15.8. The number of piperidine rings is 1. The number of nitrogens with one attached hydrogen (secondary N) is 2. The molecule has 0 saturated carbocycles. The van der Waals surface area contributed by atoms with E-state index in [-0.39, 0.29) is 23.6 Å². The number of anilines is 1. The van der Waals surface area contributed by atoms with Crippen molar-refractivity contribution in [1.29, 1.82) is 0 Å². The molecule has 1 heterocycles. The molecule has 3 rings (SSSR count). The second-order valence-electron chi connectivity index (χ2n) is 6.84. The van der Waals surface area contributed by atoms with Crippen LogP contribution in [0.4, 0.5) is 14.5 Å². The fraction of sp³-hybridized carbons (Fsp3) is 0.333. The van der Waals surface area contributed by atoms with Crippen molar-refractivity contribution >= 4 is 17.5 Å². The Hall–Kier alpha value is -3.00. The highest BCUT2D eigenvalue weighted by atomic mass is 19.3. The van der Waals surface area contributed by atoms with Crippen molar-refractivity contribution in [3.8, 4) is 5.75 Å². The van der Waals surface area contributed by atoms with E-state index in [1.165, 1.54) is 24.3 Å². The van der Waals surface area contributed by atoms with Gasteiger partial charge in [0.1, 0.15) is 5.75 Å². The Kier molecular flexibility index (Phi) is 7.13. The van der Waals surface area contributed by atoms with E-state index in [0.717, 1.165) is 18.5 Å². The number of carbonyl (C=O) groups is 2. The van der Waals surface area contributed by atoms with Crippen LogP contribution in [0.15, 0.2) is 54.6 Å². The van der Waals surface area contributed by atoms with Crippen molar-refractivity contribution in [3.63, 3.8) is 0 Å². The maximum absolute atomic E-state index is 12.3. The molecule has 154 valence electrons. The number of amides is 2. The van der Waals surface area contributed by atoms with Gasteiger partial charge in [0.15, 0.2) is 0 Å². The SMILES string of the molecule is O=C(CN1CCC(NC(=O)c2ccc(OC(F)F)cc2)CC1)Nc1ccccc1. The van der Waals surface area contributed by atoms with Crippen molar-refractivity contribution in [2.45, 2.75) is 25.5 Å². The molecule has 8 heteroatoms. The van der Waals surface area contributed by atoms with Crippen LogP contribution in [0, 0.1) is 0 Å². The van der Waals surface area contributed by atoms with Crippen molar-refractivity contribution in [1.82, 2.24) is 10.2 Å². The summed E-state index contributed by atoms with van der Waals surface area (Å²) in [6, 6.07) is 14.9. The van der Waals surface area contributed by atoms with Gasteiger partial charge in [0.25, 0.3) is 5.91 Å². The molecule has 1 fully saturated rings. The van der Waals surface area contributed by atoms with Crippen molar-refractivity contribution in [3.05, 3.63) is 60.2 Å². The lowest BCUT2D eigenvalue weighted by Crippen LogP contribution is -2.46. The molecule has 2 N–H and O–H groups in total. The number of carbonyl (C=O) groups excluding carboxylic acids is 2. The van der Waals surface area contributed by atoms with Crippen LogP contribution < -0.4 is 15.4 Å². The van der Waals surface area contributed by atoms with Crippen LogP contribution in [0.1, 0.15) is 23.2 Å². The van der Waals surface area contributed by atoms with Gasteiger partial charge in [-0.1, -0.05) is 18.2 Å². The van der Waals surface area contributed by atoms with Crippen LogP contribution in [0.25, 0.3) is 0 Å². The summed E-state index contributed by atoms with van der Waals surface area (Å²) in [5, 5.41) is 5.82. The van der Waals surface area contributed by atoms with Crippen LogP contribution in [-0.4, -0.2) is 49.0 Å². The summed E-state index contributed by atoms with van der Waals surface area (Å²) in [5.41, 5.74) is 1.15. The summed E-state index contributed by atoms with van der Waals surface area (Å²) in [6.45, 7) is -1.18. The molecule has 2 amide bonds. The van der Waals surface area contributed by atoms with E-state index in [4.69, 9.17) is 0 Å². The summed E-state index contributed by atoms with van der Waals surface area (Å²) in [4.78, 5) is 26.5. The Labute approximate surface area is 167 Å². The van der Waals surface area contributed by atoms with Gasteiger partial charge in [-0.25, -0.2) is 0 Å². The number of alkyl halides is 2. The molecule has 0 radical (unpaired) electrons. The van der Waals surface area contributed by atoms with Crippen LogP contribution in [0.3, 0.4) is 0 Å². The van der Waals surface area contributed by atoms with E-state index in [1.807, 2.05) is 30.3 Å². The fourth-order valence-corrected chi connectivity index (χ4v) is 3.22. The Morgan fingerprint density at radius 1 is 1.03 bits per heavy atom. The molecule has 0 unspecified atom stereocenters. The van der Waals surface area contributed by atoms with Crippen molar-refractivity contribution < 1.29 is 23.1 Å². The molecule has 1 saturated heterocycles. The summed E-state index contributed by atoms with van der Waals surface area (Å²) in [5.74, 6) is -0.308. The third kappa shape index (κ3) is 6.53. The lowest BCUT2D eigenvalue weighted by Gasteiger charge is -2.31. The van der Waals surface area contributed by atoms with Crippen LogP contribution in [0.5, 0.6) is 5.75 Å². The van der Waals surface area contributed by atoms with Gasteiger partial charge >= 0.3 is 6.61 Å². The molecule has 0 aromatic heterocycles.